The average Bonchev–Trinajstić information content (AvgIpc) is 2.85. The quantitative estimate of drug-likeness (QED) is 0.834. The molecule has 0 aliphatic carbocycles. The second-order valence-corrected chi connectivity index (χ2v) is 6.47. The van der Waals surface area contributed by atoms with Crippen molar-refractivity contribution in [1.82, 2.24) is 15.2 Å². The molecule has 2 aliphatic heterocycles. The first-order chi connectivity index (χ1) is 9.83. The number of aromatic nitrogens is 1. The van der Waals surface area contributed by atoms with E-state index in [1.54, 1.807) is 5.56 Å². The largest absolute Gasteiger partial charge is 0.357 e. The van der Waals surface area contributed by atoms with Crippen LogP contribution in [-0.2, 0) is 6.54 Å². The molecule has 0 bridgehead atoms. The van der Waals surface area contributed by atoms with E-state index in [1.165, 1.54) is 49.1 Å². The molecule has 1 fully saturated rings. The van der Waals surface area contributed by atoms with Crippen molar-refractivity contribution in [3.05, 3.63) is 35.5 Å². The van der Waals surface area contributed by atoms with Crippen molar-refractivity contribution in [2.45, 2.75) is 25.3 Å². The lowest BCUT2D eigenvalue weighted by Crippen LogP contribution is -2.40. The van der Waals surface area contributed by atoms with Crippen LogP contribution in [0.1, 0.15) is 30.0 Å². The fourth-order valence-electron chi connectivity index (χ4n) is 4.14. The molecular formula is C17H23N3. The van der Waals surface area contributed by atoms with Crippen LogP contribution in [0.25, 0.3) is 10.9 Å². The second kappa shape index (κ2) is 4.90. The van der Waals surface area contributed by atoms with Crippen LogP contribution >= 0.6 is 0 Å². The molecule has 0 spiro atoms. The van der Waals surface area contributed by atoms with Gasteiger partial charge in [-0.15, -0.1) is 0 Å². The Morgan fingerprint density at radius 1 is 1.25 bits per heavy atom. The number of rotatable bonds is 1. The molecule has 106 valence electrons. The summed E-state index contributed by atoms with van der Waals surface area (Å²) < 4.78 is 0. The lowest BCUT2D eigenvalue weighted by Gasteiger charge is -2.37. The molecule has 3 heterocycles. The molecule has 2 aromatic rings. The summed E-state index contributed by atoms with van der Waals surface area (Å²) in [6.45, 7) is 4.62. The van der Waals surface area contributed by atoms with Gasteiger partial charge < -0.3 is 15.2 Å². The highest BCUT2D eigenvalue weighted by Crippen LogP contribution is 2.40. The summed E-state index contributed by atoms with van der Waals surface area (Å²) in [6, 6.07) is 8.80. The number of likely N-dealkylation sites (N-methyl/N-ethyl adjacent to an activating group) is 1. The van der Waals surface area contributed by atoms with Gasteiger partial charge in [-0.1, -0.05) is 18.2 Å². The lowest BCUT2D eigenvalue weighted by atomic mass is 9.78. The Morgan fingerprint density at radius 2 is 2.15 bits per heavy atom. The second-order valence-electron chi connectivity index (χ2n) is 6.47. The Kier molecular flexibility index (Phi) is 3.04. The Hall–Kier alpha value is -1.32. The predicted octanol–water partition coefficient (Wildman–Crippen LogP) is 2.70. The fraction of sp³-hybridized carbons (Fsp3) is 0.529. The molecule has 1 saturated heterocycles. The molecule has 0 radical (unpaired) electrons. The van der Waals surface area contributed by atoms with Gasteiger partial charge in [-0.3, -0.25) is 0 Å². The van der Waals surface area contributed by atoms with E-state index < -0.39 is 0 Å². The topological polar surface area (TPSA) is 31.1 Å². The summed E-state index contributed by atoms with van der Waals surface area (Å²) in [5.41, 5.74) is 4.35. The number of piperidine rings is 1. The van der Waals surface area contributed by atoms with Gasteiger partial charge in [0.25, 0.3) is 0 Å². The molecule has 1 aromatic carbocycles. The molecule has 3 nitrogen and oxygen atoms in total. The van der Waals surface area contributed by atoms with E-state index in [-0.39, 0.29) is 0 Å². The van der Waals surface area contributed by atoms with Gasteiger partial charge in [0, 0.05) is 35.6 Å². The van der Waals surface area contributed by atoms with Crippen LogP contribution in [0, 0.1) is 5.92 Å². The molecule has 1 aromatic heterocycles. The van der Waals surface area contributed by atoms with Gasteiger partial charge in [0.05, 0.1) is 0 Å². The Labute approximate surface area is 120 Å². The maximum Gasteiger partial charge on any atom is 0.0459 e. The molecule has 2 aliphatic rings. The van der Waals surface area contributed by atoms with Crippen LogP contribution in [-0.4, -0.2) is 36.6 Å². The van der Waals surface area contributed by atoms with E-state index in [2.05, 4.69) is 46.5 Å². The fourth-order valence-corrected chi connectivity index (χ4v) is 4.14. The Balaban J connectivity index is 1.81. The number of para-hydroxylation sites is 1. The summed E-state index contributed by atoms with van der Waals surface area (Å²) >= 11 is 0. The highest BCUT2D eigenvalue weighted by atomic mass is 15.1. The highest BCUT2D eigenvalue weighted by molar-refractivity contribution is 5.85. The number of H-pyrrole nitrogens is 1. The third-order valence-corrected chi connectivity index (χ3v) is 5.04. The summed E-state index contributed by atoms with van der Waals surface area (Å²) in [5.74, 6) is 1.46. The Bertz CT molecular complexity index is 610. The van der Waals surface area contributed by atoms with Gasteiger partial charge in [-0.05, 0) is 50.5 Å². The number of hydrogen-bond acceptors (Lipinski definition) is 2. The minimum atomic E-state index is 0.674. The standard InChI is InChI=1S/C17H23N3/c1-20-10-14(12-5-4-8-18-9-12)17-13-6-2-3-7-15(13)19-16(17)11-20/h2-3,6-7,12,14,18-19H,4-5,8-11H2,1H3. The number of hydrogen-bond donors (Lipinski definition) is 2. The monoisotopic (exact) mass is 269 g/mol. The maximum absolute atomic E-state index is 3.65. The van der Waals surface area contributed by atoms with Crippen molar-refractivity contribution in [2.75, 3.05) is 26.7 Å². The zero-order valence-electron chi connectivity index (χ0n) is 12.2. The first-order valence-electron chi connectivity index (χ1n) is 7.81. The number of aromatic amines is 1. The zero-order valence-corrected chi connectivity index (χ0v) is 12.2. The van der Waals surface area contributed by atoms with E-state index in [4.69, 9.17) is 0 Å². The van der Waals surface area contributed by atoms with Gasteiger partial charge in [-0.25, -0.2) is 0 Å². The zero-order chi connectivity index (χ0) is 13.5. The van der Waals surface area contributed by atoms with E-state index in [0.29, 0.717) is 5.92 Å². The van der Waals surface area contributed by atoms with Crippen molar-refractivity contribution >= 4 is 10.9 Å². The molecule has 2 N–H and O–H groups in total. The van der Waals surface area contributed by atoms with E-state index in [1.807, 2.05) is 0 Å². The van der Waals surface area contributed by atoms with Gasteiger partial charge in [0.1, 0.15) is 0 Å². The van der Waals surface area contributed by atoms with Gasteiger partial charge in [0.15, 0.2) is 0 Å². The van der Waals surface area contributed by atoms with Crippen LogP contribution in [0.15, 0.2) is 24.3 Å². The van der Waals surface area contributed by atoms with Gasteiger partial charge in [-0.2, -0.15) is 0 Å². The van der Waals surface area contributed by atoms with Gasteiger partial charge in [0.2, 0.25) is 0 Å². The van der Waals surface area contributed by atoms with Gasteiger partial charge >= 0.3 is 0 Å². The molecular weight excluding hydrogens is 246 g/mol. The number of nitrogens with one attached hydrogen (secondary N) is 2. The molecule has 0 amide bonds. The smallest absolute Gasteiger partial charge is 0.0459 e. The minimum Gasteiger partial charge on any atom is -0.357 e. The molecule has 20 heavy (non-hydrogen) atoms. The van der Waals surface area contributed by atoms with Crippen molar-refractivity contribution < 1.29 is 0 Å². The SMILES string of the molecule is CN1Cc2[nH]c3ccccc3c2C(C2CCCNC2)C1. The average molecular weight is 269 g/mol. The van der Waals surface area contributed by atoms with E-state index in [0.717, 1.165) is 12.5 Å². The van der Waals surface area contributed by atoms with Crippen LogP contribution in [0.5, 0.6) is 0 Å². The third-order valence-electron chi connectivity index (χ3n) is 5.04. The van der Waals surface area contributed by atoms with Crippen LogP contribution in [0.2, 0.25) is 0 Å². The third kappa shape index (κ3) is 1.97. The highest BCUT2D eigenvalue weighted by Gasteiger charge is 2.33. The molecule has 3 heteroatoms. The first kappa shape index (κ1) is 12.4. The summed E-state index contributed by atoms with van der Waals surface area (Å²) in [5, 5.41) is 5.04. The number of fused-ring (bicyclic) bond motifs is 3. The normalized spacial score (nSPS) is 27.6. The van der Waals surface area contributed by atoms with Crippen molar-refractivity contribution in [1.29, 1.82) is 0 Å². The van der Waals surface area contributed by atoms with E-state index in [9.17, 15) is 0 Å². The minimum absolute atomic E-state index is 0.674. The van der Waals surface area contributed by atoms with Crippen molar-refractivity contribution in [2.24, 2.45) is 5.92 Å². The summed E-state index contributed by atoms with van der Waals surface area (Å²) in [4.78, 5) is 6.12. The first-order valence-corrected chi connectivity index (χ1v) is 7.81. The summed E-state index contributed by atoms with van der Waals surface area (Å²) in [6.07, 6.45) is 2.69. The molecule has 4 rings (SSSR count). The molecule has 0 saturated carbocycles. The predicted molar refractivity (Wildman–Crippen MR) is 83.0 cm³/mol. The maximum atomic E-state index is 3.65. The number of benzene rings is 1. The van der Waals surface area contributed by atoms with E-state index >= 15 is 0 Å². The van der Waals surface area contributed by atoms with Crippen molar-refractivity contribution in [3.63, 3.8) is 0 Å². The van der Waals surface area contributed by atoms with Crippen LogP contribution in [0.3, 0.4) is 0 Å². The van der Waals surface area contributed by atoms with Crippen LogP contribution in [0.4, 0.5) is 0 Å². The van der Waals surface area contributed by atoms with Crippen LogP contribution < -0.4 is 5.32 Å². The number of nitrogens with zero attached hydrogens (tertiary/aromatic N) is 1. The van der Waals surface area contributed by atoms with Crippen molar-refractivity contribution in [3.8, 4) is 0 Å². The Morgan fingerprint density at radius 3 is 3.00 bits per heavy atom. The molecule has 2 unspecified atom stereocenters. The lowest BCUT2D eigenvalue weighted by molar-refractivity contribution is 0.216. The molecule has 2 atom stereocenters. The summed E-state index contributed by atoms with van der Waals surface area (Å²) in [7, 11) is 2.25.